The first-order valence-corrected chi connectivity index (χ1v) is 15.1. The van der Waals surface area contributed by atoms with Crippen LogP contribution in [0.15, 0.2) is 30.5 Å². The SMILES string of the molecule is C[C@H]1[C@@H](OCCN2CCN(c3ccnc4cc(Cl)ccc34)CC2)O[C@@H]2O[C@@]3(C)CC[C@H]4[C@H](C)CC[C@@H]1[C@@]24OO3. The van der Waals surface area contributed by atoms with Gasteiger partial charge in [-0.15, -0.1) is 0 Å². The number of fused-ring (bicyclic) bond motifs is 3. The summed E-state index contributed by atoms with van der Waals surface area (Å²) in [5, 5.41) is 1.87. The summed E-state index contributed by atoms with van der Waals surface area (Å²) >= 11 is 6.18. The second-order valence-corrected chi connectivity index (χ2v) is 12.9. The number of hydrogen-bond donors (Lipinski definition) is 0. The van der Waals surface area contributed by atoms with Crippen molar-refractivity contribution in [2.45, 2.75) is 70.4 Å². The van der Waals surface area contributed by atoms with Crippen molar-refractivity contribution in [1.82, 2.24) is 9.88 Å². The third-order valence-corrected chi connectivity index (χ3v) is 10.4. The molecular formula is C30H40ClN3O5. The average molecular weight is 558 g/mol. The second-order valence-electron chi connectivity index (χ2n) is 12.5. The Labute approximate surface area is 235 Å². The van der Waals surface area contributed by atoms with Crippen LogP contribution in [0.5, 0.6) is 0 Å². The molecule has 5 saturated heterocycles. The van der Waals surface area contributed by atoms with Crippen molar-refractivity contribution >= 4 is 28.2 Å². The van der Waals surface area contributed by atoms with Gasteiger partial charge in [-0.25, -0.2) is 9.78 Å². The molecule has 6 fully saturated rings. The summed E-state index contributed by atoms with van der Waals surface area (Å²) in [4.78, 5) is 21.6. The molecule has 0 radical (unpaired) electrons. The largest absolute Gasteiger partial charge is 0.368 e. The van der Waals surface area contributed by atoms with Crippen LogP contribution in [0, 0.1) is 23.7 Å². The third kappa shape index (κ3) is 4.47. The Balaban J connectivity index is 0.969. The Kier molecular flexibility index (Phi) is 6.82. The van der Waals surface area contributed by atoms with Crippen LogP contribution in [0.3, 0.4) is 0 Å². The smallest absolute Gasteiger partial charge is 0.201 e. The Morgan fingerprint density at radius 2 is 1.90 bits per heavy atom. The molecule has 1 aromatic carbocycles. The number of nitrogens with zero attached hydrogens (tertiary/aromatic N) is 3. The molecule has 8 nitrogen and oxygen atoms in total. The maximum atomic E-state index is 6.58. The minimum absolute atomic E-state index is 0.205. The molecule has 2 aromatic rings. The number of benzene rings is 1. The Morgan fingerprint density at radius 3 is 2.74 bits per heavy atom. The molecule has 8 atom stereocenters. The average Bonchev–Trinajstić information content (AvgIpc) is 3.17. The fourth-order valence-electron chi connectivity index (χ4n) is 7.95. The molecule has 2 bridgehead atoms. The van der Waals surface area contributed by atoms with Crippen LogP contribution in [0.4, 0.5) is 5.69 Å². The number of piperazine rings is 1. The quantitative estimate of drug-likeness (QED) is 0.463. The van der Waals surface area contributed by atoms with E-state index in [2.05, 4.69) is 40.8 Å². The lowest BCUT2D eigenvalue weighted by molar-refractivity contribution is -0.577. The van der Waals surface area contributed by atoms with Gasteiger partial charge in [0.05, 0.1) is 12.1 Å². The van der Waals surface area contributed by atoms with Crippen molar-refractivity contribution < 1.29 is 24.0 Å². The van der Waals surface area contributed by atoms with E-state index in [0.717, 1.165) is 67.9 Å². The van der Waals surface area contributed by atoms with Crippen molar-refractivity contribution in [3.8, 4) is 0 Å². The van der Waals surface area contributed by atoms with Crippen LogP contribution in [-0.2, 0) is 24.0 Å². The maximum Gasteiger partial charge on any atom is 0.201 e. The van der Waals surface area contributed by atoms with Gasteiger partial charge in [0, 0.05) is 73.3 Å². The van der Waals surface area contributed by atoms with Crippen LogP contribution in [0.2, 0.25) is 5.02 Å². The summed E-state index contributed by atoms with van der Waals surface area (Å²) in [6.07, 6.45) is 5.27. The fourth-order valence-corrected chi connectivity index (χ4v) is 8.12. The molecule has 212 valence electrons. The van der Waals surface area contributed by atoms with E-state index in [-0.39, 0.29) is 12.2 Å². The Hall–Kier alpha value is -1.52. The molecular weight excluding hydrogens is 518 g/mol. The molecule has 9 heteroatoms. The molecule has 1 aliphatic carbocycles. The molecule has 0 N–H and O–H groups in total. The number of aromatic nitrogens is 1. The molecule has 39 heavy (non-hydrogen) atoms. The molecule has 6 heterocycles. The Morgan fingerprint density at radius 1 is 1.05 bits per heavy atom. The molecule has 1 spiro atoms. The lowest BCUT2D eigenvalue weighted by Gasteiger charge is -2.60. The van der Waals surface area contributed by atoms with Gasteiger partial charge in [-0.3, -0.25) is 9.88 Å². The van der Waals surface area contributed by atoms with Gasteiger partial charge in [0.15, 0.2) is 18.2 Å². The van der Waals surface area contributed by atoms with E-state index in [1.807, 2.05) is 25.3 Å². The summed E-state index contributed by atoms with van der Waals surface area (Å²) in [5.74, 6) is 0.676. The zero-order chi connectivity index (χ0) is 26.8. The first-order chi connectivity index (χ1) is 18.9. The van der Waals surface area contributed by atoms with Crippen molar-refractivity contribution in [3.05, 3.63) is 35.5 Å². The first-order valence-electron chi connectivity index (χ1n) is 14.7. The van der Waals surface area contributed by atoms with E-state index >= 15 is 0 Å². The van der Waals surface area contributed by atoms with E-state index in [1.54, 1.807) is 0 Å². The van der Waals surface area contributed by atoms with Gasteiger partial charge in [0.2, 0.25) is 5.79 Å². The molecule has 6 aliphatic rings. The zero-order valence-corrected chi connectivity index (χ0v) is 23.9. The fraction of sp³-hybridized carbons (Fsp3) is 0.700. The second kappa shape index (κ2) is 10.1. The van der Waals surface area contributed by atoms with Crippen LogP contribution >= 0.6 is 11.6 Å². The number of rotatable bonds is 5. The van der Waals surface area contributed by atoms with Crippen molar-refractivity contribution in [1.29, 1.82) is 0 Å². The summed E-state index contributed by atoms with van der Waals surface area (Å²) in [7, 11) is 0. The summed E-state index contributed by atoms with van der Waals surface area (Å²) < 4.78 is 19.5. The third-order valence-electron chi connectivity index (χ3n) is 10.2. The zero-order valence-electron chi connectivity index (χ0n) is 23.2. The highest BCUT2D eigenvalue weighted by molar-refractivity contribution is 6.31. The molecule has 1 aromatic heterocycles. The van der Waals surface area contributed by atoms with Crippen molar-refractivity contribution in [2.24, 2.45) is 23.7 Å². The predicted molar refractivity (Wildman–Crippen MR) is 148 cm³/mol. The van der Waals surface area contributed by atoms with Crippen LogP contribution in [-0.4, -0.2) is 73.2 Å². The van der Waals surface area contributed by atoms with Crippen LogP contribution in [0.1, 0.15) is 46.5 Å². The van der Waals surface area contributed by atoms with Crippen LogP contribution < -0.4 is 4.90 Å². The normalized spacial score (nSPS) is 40.5. The highest BCUT2D eigenvalue weighted by Gasteiger charge is 2.69. The number of ether oxygens (including phenoxy) is 3. The van der Waals surface area contributed by atoms with E-state index in [0.29, 0.717) is 24.4 Å². The van der Waals surface area contributed by atoms with Gasteiger partial charge >= 0.3 is 0 Å². The summed E-state index contributed by atoms with van der Waals surface area (Å²) in [6, 6.07) is 8.06. The van der Waals surface area contributed by atoms with Gasteiger partial charge in [0.25, 0.3) is 0 Å². The molecule has 0 amide bonds. The number of halogens is 1. The molecule has 5 aliphatic heterocycles. The van der Waals surface area contributed by atoms with Gasteiger partial charge in [-0.2, -0.15) is 0 Å². The number of pyridine rings is 1. The standard InChI is InChI=1S/C30H40ClN3O5/c1-19-4-7-24-20(2)27(36-28-30(24)23(19)8-10-29(3,37-28)38-39-30)35-17-16-33-12-14-34(15-13-33)26-9-11-32-25-18-21(31)5-6-22(25)26/h5-6,9,11,18-20,23-24,27-28H,4,7-8,10,12-17H2,1-3H3/t19-,20-,23+,24+,27+,28-,29-,30-/m1/s1. The van der Waals surface area contributed by atoms with E-state index in [4.69, 9.17) is 35.6 Å². The highest BCUT2D eigenvalue weighted by atomic mass is 35.5. The van der Waals surface area contributed by atoms with E-state index < -0.39 is 17.7 Å². The lowest BCUT2D eigenvalue weighted by Crippen LogP contribution is -2.70. The van der Waals surface area contributed by atoms with Gasteiger partial charge in [0.1, 0.15) is 0 Å². The molecule has 1 saturated carbocycles. The lowest BCUT2D eigenvalue weighted by atomic mass is 9.58. The topological polar surface area (TPSA) is 65.5 Å². The number of anilines is 1. The first kappa shape index (κ1) is 26.4. The summed E-state index contributed by atoms with van der Waals surface area (Å²) in [6.45, 7) is 12.0. The summed E-state index contributed by atoms with van der Waals surface area (Å²) in [5.41, 5.74) is 1.63. The van der Waals surface area contributed by atoms with Gasteiger partial charge in [-0.05, 0) is 62.3 Å². The van der Waals surface area contributed by atoms with Gasteiger partial charge < -0.3 is 19.1 Å². The van der Waals surface area contributed by atoms with Crippen molar-refractivity contribution in [2.75, 3.05) is 44.2 Å². The predicted octanol–water partition coefficient (Wildman–Crippen LogP) is 5.23. The number of hydrogen-bond acceptors (Lipinski definition) is 8. The van der Waals surface area contributed by atoms with Gasteiger partial charge in [-0.1, -0.05) is 25.4 Å². The van der Waals surface area contributed by atoms with E-state index in [9.17, 15) is 0 Å². The maximum absolute atomic E-state index is 6.58. The minimum Gasteiger partial charge on any atom is -0.368 e. The monoisotopic (exact) mass is 557 g/mol. The molecule has 0 unspecified atom stereocenters. The minimum atomic E-state index is -0.755. The van der Waals surface area contributed by atoms with Crippen molar-refractivity contribution in [3.63, 3.8) is 0 Å². The highest BCUT2D eigenvalue weighted by Crippen LogP contribution is 2.60. The molecule has 8 rings (SSSR count). The van der Waals surface area contributed by atoms with E-state index in [1.165, 1.54) is 12.1 Å². The van der Waals surface area contributed by atoms with Crippen LogP contribution in [0.25, 0.3) is 10.9 Å². The Bertz CT molecular complexity index is 1210.